The quantitative estimate of drug-likeness (QED) is 0.913. The number of hydrogen-bond acceptors (Lipinski definition) is 2. The van der Waals surface area contributed by atoms with E-state index in [1.165, 1.54) is 0 Å². The van der Waals surface area contributed by atoms with Crippen molar-refractivity contribution in [3.8, 4) is 0 Å². The predicted molar refractivity (Wildman–Crippen MR) is 78.4 cm³/mol. The van der Waals surface area contributed by atoms with Gasteiger partial charge >= 0.3 is 0 Å². The molecule has 0 saturated carbocycles. The normalized spacial score (nSPS) is 15.9. The number of carbonyl (C=O) groups excluding carboxylic acids is 2. The van der Waals surface area contributed by atoms with Gasteiger partial charge in [0.15, 0.2) is 0 Å². The summed E-state index contributed by atoms with van der Waals surface area (Å²) < 4.78 is 0. The minimum atomic E-state index is 0.104. The van der Waals surface area contributed by atoms with Crippen molar-refractivity contribution in [1.82, 2.24) is 10.2 Å². The van der Waals surface area contributed by atoms with E-state index in [9.17, 15) is 9.59 Å². The van der Waals surface area contributed by atoms with Gasteiger partial charge in [-0.15, -0.1) is 0 Å². The molecule has 0 spiro atoms. The van der Waals surface area contributed by atoms with Gasteiger partial charge in [0.2, 0.25) is 5.91 Å². The summed E-state index contributed by atoms with van der Waals surface area (Å²) in [6.07, 6.45) is 3.51. The molecule has 4 heteroatoms. The van der Waals surface area contributed by atoms with Gasteiger partial charge in [0.05, 0.1) is 0 Å². The number of rotatable bonds is 4. The highest BCUT2D eigenvalue weighted by Crippen LogP contribution is 2.23. The zero-order chi connectivity index (χ0) is 14.4. The molecule has 2 amide bonds. The fourth-order valence-corrected chi connectivity index (χ4v) is 2.65. The molecular weight excluding hydrogens is 252 g/mol. The average molecular weight is 274 g/mol. The Kier molecular flexibility index (Phi) is 5.16. The van der Waals surface area contributed by atoms with Gasteiger partial charge in [-0.3, -0.25) is 9.59 Å². The van der Waals surface area contributed by atoms with Crippen molar-refractivity contribution in [2.45, 2.75) is 25.7 Å². The molecule has 1 fully saturated rings. The Morgan fingerprint density at radius 2 is 1.85 bits per heavy atom. The lowest BCUT2D eigenvalue weighted by Gasteiger charge is -2.32. The summed E-state index contributed by atoms with van der Waals surface area (Å²) in [6, 6.07) is 9.43. The maximum Gasteiger partial charge on any atom is 0.253 e. The van der Waals surface area contributed by atoms with E-state index >= 15 is 0 Å². The van der Waals surface area contributed by atoms with Crippen LogP contribution in [-0.2, 0) is 4.79 Å². The predicted octanol–water partition coefficient (Wildman–Crippen LogP) is 2.06. The van der Waals surface area contributed by atoms with E-state index in [0.29, 0.717) is 12.3 Å². The lowest BCUT2D eigenvalue weighted by atomic mass is 9.91. The maximum atomic E-state index is 12.3. The van der Waals surface area contributed by atoms with Crippen molar-refractivity contribution < 1.29 is 9.59 Å². The molecule has 2 rings (SSSR count). The minimum Gasteiger partial charge on any atom is -0.359 e. The van der Waals surface area contributed by atoms with Gasteiger partial charge in [0.25, 0.3) is 5.91 Å². The standard InChI is InChI=1S/C16H22N2O2/c1-17-15(19)8-7-13-9-11-18(12-10-13)16(20)14-5-3-2-4-6-14/h2-6,13H,7-12H2,1H3,(H,17,19). The van der Waals surface area contributed by atoms with E-state index in [1.807, 2.05) is 35.2 Å². The number of hydrogen-bond donors (Lipinski definition) is 1. The van der Waals surface area contributed by atoms with Gasteiger partial charge in [0, 0.05) is 32.1 Å². The van der Waals surface area contributed by atoms with Crippen LogP contribution >= 0.6 is 0 Å². The smallest absolute Gasteiger partial charge is 0.253 e. The summed E-state index contributed by atoms with van der Waals surface area (Å²) >= 11 is 0. The molecule has 1 N–H and O–H groups in total. The molecule has 4 nitrogen and oxygen atoms in total. The number of piperidine rings is 1. The number of amides is 2. The molecule has 0 radical (unpaired) electrons. The van der Waals surface area contributed by atoms with Crippen LogP contribution in [0.4, 0.5) is 0 Å². The third-order valence-corrected chi connectivity index (χ3v) is 3.98. The SMILES string of the molecule is CNC(=O)CCC1CCN(C(=O)c2ccccc2)CC1. The van der Waals surface area contributed by atoms with Crippen molar-refractivity contribution in [2.75, 3.05) is 20.1 Å². The van der Waals surface area contributed by atoms with Crippen molar-refractivity contribution in [3.05, 3.63) is 35.9 Å². The van der Waals surface area contributed by atoms with Crippen LogP contribution in [0.5, 0.6) is 0 Å². The fraction of sp³-hybridized carbons (Fsp3) is 0.500. The van der Waals surface area contributed by atoms with Crippen LogP contribution in [0.1, 0.15) is 36.0 Å². The number of carbonyl (C=O) groups is 2. The Labute approximate surface area is 120 Å². The van der Waals surface area contributed by atoms with Crippen molar-refractivity contribution in [1.29, 1.82) is 0 Å². The maximum absolute atomic E-state index is 12.3. The summed E-state index contributed by atoms with van der Waals surface area (Å²) in [4.78, 5) is 25.4. The molecule has 1 aliphatic heterocycles. The lowest BCUT2D eigenvalue weighted by molar-refractivity contribution is -0.120. The van der Waals surface area contributed by atoms with Crippen molar-refractivity contribution in [2.24, 2.45) is 5.92 Å². The second-order valence-corrected chi connectivity index (χ2v) is 5.31. The Balaban J connectivity index is 1.79. The third-order valence-electron chi connectivity index (χ3n) is 3.98. The Morgan fingerprint density at radius 3 is 2.45 bits per heavy atom. The molecule has 0 atom stereocenters. The van der Waals surface area contributed by atoms with Crippen LogP contribution in [0.3, 0.4) is 0 Å². The van der Waals surface area contributed by atoms with Crippen LogP contribution in [0.15, 0.2) is 30.3 Å². The van der Waals surface area contributed by atoms with E-state index in [-0.39, 0.29) is 11.8 Å². The van der Waals surface area contributed by atoms with Gasteiger partial charge in [-0.05, 0) is 37.3 Å². The number of nitrogens with zero attached hydrogens (tertiary/aromatic N) is 1. The Hall–Kier alpha value is -1.84. The summed E-state index contributed by atoms with van der Waals surface area (Å²) in [5, 5.41) is 2.65. The Morgan fingerprint density at radius 1 is 1.20 bits per heavy atom. The molecule has 1 aromatic carbocycles. The molecular formula is C16H22N2O2. The fourth-order valence-electron chi connectivity index (χ4n) is 2.65. The van der Waals surface area contributed by atoms with Gasteiger partial charge in [-0.1, -0.05) is 18.2 Å². The van der Waals surface area contributed by atoms with Crippen LogP contribution in [-0.4, -0.2) is 36.9 Å². The summed E-state index contributed by atoms with van der Waals surface area (Å²) in [5.41, 5.74) is 0.760. The Bertz CT molecular complexity index is 451. The highest BCUT2D eigenvalue weighted by atomic mass is 16.2. The van der Waals surface area contributed by atoms with Gasteiger partial charge in [-0.2, -0.15) is 0 Å². The summed E-state index contributed by atoms with van der Waals surface area (Å²) in [6.45, 7) is 1.60. The molecule has 1 aliphatic rings. The number of nitrogens with one attached hydrogen (secondary N) is 1. The van der Waals surface area contributed by atoms with E-state index in [2.05, 4.69) is 5.32 Å². The number of likely N-dealkylation sites (tertiary alicyclic amines) is 1. The average Bonchev–Trinajstić information content (AvgIpc) is 2.53. The molecule has 0 aromatic heterocycles. The molecule has 1 aromatic rings. The summed E-state index contributed by atoms with van der Waals surface area (Å²) in [7, 11) is 1.67. The van der Waals surface area contributed by atoms with E-state index in [0.717, 1.165) is 37.9 Å². The molecule has 1 heterocycles. The second kappa shape index (κ2) is 7.08. The van der Waals surface area contributed by atoms with Gasteiger partial charge in [-0.25, -0.2) is 0 Å². The first-order chi connectivity index (χ1) is 9.70. The molecule has 108 valence electrons. The zero-order valence-corrected chi connectivity index (χ0v) is 12.0. The first kappa shape index (κ1) is 14.6. The molecule has 0 aliphatic carbocycles. The molecule has 1 saturated heterocycles. The van der Waals surface area contributed by atoms with Gasteiger partial charge in [0.1, 0.15) is 0 Å². The van der Waals surface area contributed by atoms with E-state index in [4.69, 9.17) is 0 Å². The minimum absolute atomic E-state index is 0.104. The summed E-state index contributed by atoms with van der Waals surface area (Å²) in [5.74, 6) is 0.787. The first-order valence-electron chi connectivity index (χ1n) is 7.25. The van der Waals surface area contributed by atoms with Gasteiger partial charge < -0.3 is 10.2 Å². The van der Waals surface area contributed by atoms with E-state index < -0.39 is 0 Å². The zero-order valence-electron chi connectivity index (χ0n) is 12.0. The largest absolute Gasteiger partial charge is 0.359 e. The highest BCUT2D eigenvalue weighted by Gasteiger charge is 2.23. The molecule has 20 heavy (non-hydrogen) atoms. The van der Waals surface area contributed by atoms with Crippen molar-refractivity contribution in [3.63, 3.8) is 0 Å². The van der Waals surface area contributed by atoms with Crippen LogP contribution in [0, 0.1) is 5.92 Å². The molecule has 0 bridgehead atoms. The monoisotopic (exact) mass is 274 g/mol. The second-order valence-electron chi connectivity index (χ2n) is 5.31. The topological polar surface area (TPSA) is 49.4 Å². The van der Waals surface area contributed by atoms with Crippen LogP contribution in [0.2, 0.25) is 0 Å². The molecule has 0 unspecified atom stereocenters. The third kappa shape index (κ3) is 3.83. The van der Waals surface area contributed by atoms with Crippen LogP contribution < -0.4 is 5.32 Å². The highest BCUT2D eigenvalue weighted by molar-refractivity contribution is 5.94. The van der Waals surface area contributed by atoms with E-state index in [1.54, 1.807) is 7.05 Å². The first-order valence-corrected chi connectivity index (χ1v) is 7.25. The lowest BCUT2D eigenvalue weighted by Crippen LogP contribution is -2.38. The van der Waals surface area contributed by atoms with Crippen molar-refractivity contribution >= 4 is 11.8 Å². The number of benzene rings is 1. The van der Waals surface area contributed by atoms with Crippen LogP contribution in [0.25, 0.3) is 0 Å².